The Hall–Kier alpha value is -4.31. The van der Waals surface area contributed by atoms with Crippen LogP contribution in [0.15, 0.2) is 79.3 Å². The number of allylic oxidation sites excluding steroid dienone is 2. The number of amides is 1. The maximum atomic E-state index is 12.9. The van der Waals surface area contributed by atoms with Gasteiger partial charge in [0.05, 0.1) is 30.6 Å². The summed E-state index contributed by atoms with van der Waals surface area (Å²) in [5.41, 5.74) is 6.26. The van der Waals surface area contributed by atoms with E-state index in [0.717, 1.165) is 55.7 Å². The first kappa shape index (κ1) is 29.2. The Bertz CT molecular complexity index is 1610. The molecule has 0 unspecified atom stereocenters. The number of hydrogen-bond donors (Lipinski definition) is 3. The second kappa shape index (κ2) is 13.1. The molecule has 0 bridgehead atoms. The lowest BCUT2D eigenvalue weighted by molar-refractivity contribution is -0.111. The molecular weight excluding hydrogens is 528 g/mol. The van der Waals surface area contributed by atoms with Crippen LogP contribution in [0.1, 0.15) is 39.7 Å². The van der Waals surface area contributed by atoms with Crippen molar-refractivity contribution >= 4 is 28.2 Å². The Kier molecular flexibility index (Phi) is 9.12. The van der Waals surface area contributed by atoms with E-state index in [0.29, 0.717) is 29.1 Å². The van der Waals surface area contributed by atoms with Crippen LogP contribution in [0.25, 0.3) is 16.5 Å². The van der Waals surface area contributed by atoms with Crippen molar-refractivity contribution in [2.45, 2.75) is 26.9 Å². The number of rotatable bonds is 11. The maximum absolute atomic E-state index is 12.9. The summed E-state index contributed by atoms with van der Waals surface area (Å²) in [7, 11) is 0. The highest BCUT2D eigenvalue weighted by molar-refractivity contribution is 6.20. The smallest absolute Gasteiger partial charge is 0.258 e. The minimum atomic E-state index is -0.340. The number of aliphatic hydroxyl groups is 1. The van der Waals surface area contributed by atoms with E-state index >= 15 is 0 Å². The molecule has 9 heteroatoms. The van der Waals surface area contributed by atoms with Crippen molar-refractivity contribution in [1.29, 1.82) is 0 Å². The van der Waals surface area contributed by atoms with E-state index in [1.54, 1.807) is 17.0 Å². The molecule has 2 aromatic heterocycles. The number of aromatic amines is 1. The SMILES string of the molecule is C=C(/C=C(\C(C)=O)c1cc2cc(CN3CCN(CCO)CC3)ccc2[nH]1)NC(=O)c1cnn(Cc2ccc(C)cc2)c1. The molecule has 3 N–H and O–H groups in total. The van der Waals surface area contributed by atoms with Crippen molar-refractivity contribution in [3.63, 3.8) is 0 Å². The largest absolute Gasteiger partial charge is 0.395 e. The summed E-state index contributed by atoms with van der Waals surface area (Å²) < 4.78 is 1.72. The number of carbonyl (C=O) groups excluding carboxylic acids is 2. The minimum absolute atomic E-state index is 0.135. The Morgan fingerprint density at radius 1 is 1.02 bits per heavy atom. The number of hydrogen-bond acceptors (Lipinski definition) is 6. The Balaban J connectivity index is 1.23. The molecular formula is C33H38N6O3. The number of aliphatic hydroxyl groups excluding tert-OH is 1. The molecule has 0 saturated carbocycles. The van der Waals surface area contributed by atoms with Crippen LogP contribution in [0.5, 0.6) is 0 Å². The van der Waals surface area contributed by atoms with E-state index < -0.39 is 0 Å². The van der Waals surface area contributed by atoms with Crippen molar-refractivity contribution < 1.29 is 14.7 Å². The molecule has 42 heavy (non-hydrogen) atoms. The zero-order chi connectivity index (χ0) is 29.6. The molecule has 5 rings (SSSR count). The molecule has 2 aromatic carbocycles. The first-order valence-electron chi connectivity index (χ1n) is 14.3. The summed E-state index contributed by atoms with van der Waals surface area (Å²) in [5, 5.41) is 17.3. The number of β-amino-alcohol motifs (C(OH)–C–C–N with tert-alkyl or cyclic N) is 1. The molecule has 1 amide bonds. The van der Waals surface area contributed by atoms with E-state index in [2.05, 4.69) is 43.9 Å². The Morgan fingerprint density at radius 3 is 2.45 bits per heavy atom. The highest BCUT2D eigenvalue weighted by Gasteiger charge is 2.18. The van der Waals surface area contributed by atoms with Crippen LogP contribution in [0, 0.1) is 6.92 Å². The lowest BCUT2D eigenvalue weighted by Gasteiger charge is -2.34. The van der Waals surface area contributed by atoms with E-state index in [1.165, 1.54) is 24.2 Å². The molecule has 1 fully saturated rings. The average Bonchev–Trinajstić information content (AvgIpc) is 3.61. The molecule has 0 radical (unpaired) electrons. The molecule has 4 aromatic rings. The van der Waals surface area contributed by atoms with E-state index in [9.17, 15) is 9.59 Å². The van der Waals surface area contributed by atoms with Crippen LogP contribution in [0.4, 0.5) is 0 Å². The van der Waals surface area contributed by atoms with Crippen LogP contribution >= 0.6 is 0 Å². The molecule has 0 spiro atoms. The third-order valence-corrected chi connectivity index (χ3v) is 7.60. The van der Waals surface area contributed by atoms with Crippen LogP contribution < -0.4 is 5.32 Å². The van der Waals surface area contributed by atoms with Gasteiger partial charge in [0.15, 0.2) is 5.78 Å². The van der Waals surface area contributed by atoms with Gasteiger partial charge >= 0.3 is 0 Å². The van der Waals surface area contributed by atoms with Gasteiger partial charge in [-0.1, -0.05) is 42.5 Å². The third-order valence-electron chi connectivity index (χ3n) is 7.60. The summed E-state index contributed by atoms with van der Waals surface area (Å²) in [4.78, 5) is 33.6. The van der Waals surface area contributed by atoms with Crippen molar-refractivity contribution in [3.05, 3.63) is 107 Å². The summed E-state index contributed by atoms with van der Waals surface area (Å²) in [6, 6.07) is 16.4. The predicted octanol–water partition coefficient (Wildman–Crippen LogP) is 3.75. The normalized spacial score (nSPS) is 14.8. The molecule has 218 valence electrons. The molecule has 9 nitrogen and oxygen atoms in total. The summed E-state index contributed by atoms with van der Waals surface area (Å²) >= 11 is 0. The number of benzene rings is 2. The number of H-pyrrole nitrogens is 1. The lowest BCUT2D eigenvalue weighted by Crippen LogP contribution is -2.46. The molecule has 1 aliphatic heterocycles. The van der Waals surface area contributed by atoms with Gasteiger partial charge in [0.2, 0.25) is 0 Å². The van der Waals surface area contributed by atoms with Gasteiger partial charge in [-0.05, 0) is 49.2 Å². The highest BCUT2D eigenvalue weighted by Crippen LogP contribution is 2.24. The maximum Gasteiger partial charge on any atom is 0.258 e. The summed E-state index contributed by atoms with van der Waals surface area (Å²) in [6.07, 6.45) is 4.83. The first-order chi connectivity index (χ1) is 20.3. The number of Topliss-reactive ketones (excluding diaryl/α,β-unsaturated/α-hetero) is 1. The Morgan fingerprint density at radius 2 is 1.74 bits per heavy atom. The number of piperazine rings is 1. The second-order valence-electron chi connectivity index (χ2n) is 11.0. The fourth-order valence-corrected chi connectivity index (χ4v) is 5.24. The topological polar surface area (TPSA) is 106 Å². The van der Waals surface area contributed by atoms with Crippen molar-refractivity contribution in [1.82, 2.24) is 29.9 Å². The van der Waals surface area contributed by atoms with E-state index in [1.807, 2.05) is 43.3 Å². The van der Waals surface area contributed by atoms with Gasteiger partial charge in [-0.25, -0.2) is 0 Å². The van der Waals surface area contributed by atoms with Crippen molar-refractivity contribution in [2.24, 2.45) is 0 Å². The van der Waals surface area contributed by atoms with Gasteiger partial charge in [0.25, 0.3) is 5.91 Å². The first-order valence-corrected chi connectivity index (χ1v) is 14.3. The number of nitrogens with zero attached hydrogens (tertiary/aromatic N) is 4. The molecule has 0 aliphatic carbocycles. The number of nitrogens with one attached hydrogen (secondary N) is 2. The zero-order valence-electron chi connectivity index (χ0n) is 24.3. The van der Waals surface area contributed by atoms with Gasteiger partial charge in [0, 0.05) is 67.6 Å². The number of aromatic nitrogens is 3. The monoisotopic (exact) mass is 566 g/mol. The van der Waals surface area contributed by atoms with Crippen LogP contribution in [-0.2, 0) is 17.9 Å². The molecule has 0 atom stereocenters. The van der Waals surface area contributed by atoms with Gasteiger partial charge in [-0.15, -0.1) is 0 Å². The van der Waals surface area contributed by atoms with Gasteiger partial charge < -0.3 is 15.4 Å². The highest BCUT2D eigenvalue weighted by atomic mass is 16.3. The number of ketones is 1. The molecule has 1 saturated heterocycles. The number of fused-ring (bicyclic) bond motifs is 1. The fraction of sp³-hybridized carbons (Fsp3) is 0.303. The standard InChI is InChI=1S/C33H38N6O3/c1-23-4-6-26(7-5-23)21-39-22-29(19-34-39)33(42)35-24(2)16-30(25(3)41)32-18-28-17-27(8-9-31(28)36-32)20-38-12-10-37(11-13-38)14-15-40/h4-9,16-19,22,36,40H,2,10-15,20-21H2,1,3H3,(H,35,42)/b30-16+. The van der Waals surface area contributed by atoms with Crippen LogP contribution in [0.2, 0.25) is 0 Å². The predicted molar refractivity (Wildman–Crippen MR) is 165 cm³/mol. The second-order valence-corrected chi connectivity index (χ2v) is 11.0. The van der Waals surface area contributed by atoms with E-state index in [-0.39, 0.29) is 18.3 Å². The Labute approximate surface area is 246 Å². The van der Waals surface area contributed by atoms with Gasteiger partial charge in [-0.3, -0.25) is 24.1 Å². The molecule has 1 aliphatic rings. The third kappa shape index (κ3) is 7.30. The number of carbonyl (C=O) groups is 2. The number of aryl methyl sites for hydroxylation is 1. The zero-order valence-corrected chi connectivity index (χ0v) is 24.3. The van der Waals surface area contributed by atoms with Gasteiger partial charge in [0.1, 0.15) is 0 Å². The van der Waals surface area contributed by atoms with Crippen LogP contribution in [-0.4, -0.2) is 80.7 Å². The summed E-state index contributed by atoms with van der Waals surface area (Å²) in [5.74, 6) is -0.475. The van der Waals surface area contributed by atoms with Crippen LogP contribution in [0.3, 0.4) is 0 Å². The fourth-order valence-electron chi connectivity index (χ4n) is 5.24. The van der Waals surface area contributed by atoms with Crippen molar-refractivity contribution in [3.8, 4) is 0 Å². The van der Waals surface area contributed by atoms with Gasteiger partial charge in [-0.2, -0.15) is 5.10 Å². The quantitative estimate of drug-likeness (QED) is 0.189. The minimum Gasteiger partial charge on any atom is -0.395 e. The lowest BCUT2D eigenvalue weighted by atomic mass is 10.1. The average molecular weight is 567 g/mol. The summed E-state index contributed by atoms with van der Waals surface area (Å²) in [6.45, 7) is 13.7. The van der Waals surface area contributed by atoms with Crippen molar-refractivity contribution in [2.75, 3.05) is 39.3 Å². The molecule has 3 heterocycles. The van der Waals surface area contributed by atoms with E-state index in [4.69, 9.17) is 5.11 Å².